The molecule has 0 saturated heterocycles. The summed E-state index contributed by atoms with van der Waals surface area (Å²) < 4.78 is 0. The van der Waals surface area contributed by atoms with Crippen LogP contribution in [0.3, 0.4) is 0 Å². The third-order valence-corrected chi connectivity index (χ3v) is 2.71. The van der Waals surface area contributed by atoms with E-state index in [2.05, 4.69) is 47.8 Å². The molecule has 2 rings (SSSR count). The molecular formula is C15H16N2. The fourth-order valence-electron chi connectivity index (χ4n) is 1.78. The Morgan fingerprint density at radius 3 is 2.71 bits per heavy atom. The Balaban J connectivity index is 2.13. The Morgan fingerprint density at radius 1 is 1.24 bits per heavy atom. The van der Waals surface area contributed by atoms with E-state index in [0.29, 0.717) is 0 Å². The van der Waals surface area contributed by atoms with Gasteiger partial charge in [0.15, 0.2) is 0 Å². The van der Waals surface area contributed by atoms with E-state index >= 15 is 0 Å². The Kier molecular flexibility index (Phi) is 3.55. The summed E-state index contributed by atoms with van der Waals surface area (Å²) in [6, 6.07) is 12.4. The highest BCUT2D eigenvalue weighted by Gasteiger charge is 2.01. The van der Waals surface area contributed by atoms with Gasteiger partial charge < -0.3 is 4.90 Å². The number of rotatable bonds is 4. The molecule has 0 unspecified atom stereocenters. The van der Waals surface area contributed by atoms with E-state index in [1.165, 1.54) is 11.3 Å². The summed E-state index contributed by atoms with van der Waals surface area (Å²) >= 11 is 0. The quantitative estimate of drug-likeness (QED) is 0.791. The minimum absolute atomic E-state index is 0.881. The van der Waals surface area contributed by atoms with E-state index in [0.717, 1.165) is 12.1 Å². The minimum Gasteiger partial charge on any atom is -0.370 e. The number of anilines is 1. The number of hydrogen-bond acceptors (Lipinski definition) is 2. The van der Waals surface area contributed by atoms with Crippen molar-refractivity contribution in [2.75, 3.05) is 11.9 Å². The van der Waals surface area contributed by atoms with Gasteiger partial charge in [-0.05, 0) is 29.3 Å². The Hall–Kier alpha value is -2.09. The van der Waals surface area contributed by atoms with Gasteiger partial charge in [0, 0.05) is 31.7 Å². The Labute approximate surface area is 102 Å². The first-order chi connectivity index (χ1) is 8.29. The number of hydrogen-bond donors (Lipinski definition) is 0. The Morgan fingerprint density at radius 2 is 2.00 bits per heavy atom. The average molecular weight is 224 g/mol. The maximum atomic E-state index is 4.02. The SMILES string of the molecule is C=Cc1cccc(CN(C)c2ccncc2)c1. The summed E-state index contributed by atoms with van der Waals surface area (Å²) in [4.78, 5) is 6.22. The molecule has 1 aromatic heterocycles. The van der Waals surface area contributed by atoms with Crippen LogP contribution in [0.25, 0.3) is 6.08 Å². The van der Waals surface area contributed by atoms with Gasteiger partial charge in [0.05, 0.1) is 0 Å². The Bertz CT molecular complexity index is 491. The molecule has 0 fully saturated rings. The van der Waals surface area contributed by atoms with Gasteiger partial charge in [-0.1, -0.05) is 30.9 Å². The zero-order valence-corrected chi connectivity index (χ0v) is 10.0. The van der Waals surface area contributed by atoms with E-state index in [1.54, 1.807) is 0 Å². The molecule has 0 amide bonds. The van der Waals surface area contributed by atoms with Gasteiger partial charge in [-0.2, -0.15) is 0 Å². The van der Waals surface area contributed by atoms with Crippen molar-refractivity contribution in [3.05, 3.63) is 66.5 Å². The van der Waals surface area contributed by atoms with Gasteiger partial charge in [-0.25, -0.2) is 0 Å². The van der Waals surface area contributed by atoms with Crippen molar-refractivity contribution in [1.29, 1.82) is 0 Å². The molecule has 0 atom stereocenters. The third kappa shape index (κ3) is 2.94. The standard InChI is InChI=1S/C15H16N2/c1-3-13-5-4-6-14(11-13)12-17(2)15-7-9-16-10-8-15/h3-11H,1,12H2,2H3. The molecule has 1 aromatic carbocycles. The van der Waals surface area contributed by atoms with E-state index < -0.39 is 0 Å². The van der Waals surface area contributed by atoms with Crippen molar-refractivity contribution in [3.8, 4) is 0 Å². The van der Waals surface area contributed by atoms with Gasteiger partial charge in [0.1, 0.15) is 0 Å². The van der Waals surface area contributed by atoms with Crippen molar-refractivity contribution in [3.63, 3.8) is 0 Å². The lowest BCUT2D eigenvalue weighted by Crippen LogP contribution is -2.16. The number of nitrogens with zero attached hydrogens (tertiary/aromatic N) is 2. The molecule has 0 aliphatic heterocycles. The predicted molar refractivity (Wildman–Crippen MR) is 72.9 cm³/mol. The highest BCUT2D eigenvalue weighted by molar-refractivity contribution is 5.49. The maximum Gasteiger partial charge on any atom is 0.0426 e. The van der Waals surface area contributed by atoms with Gasteiger partial charge in [-0.15, -0.1) is 0 Å². The topological polar surface area (TPSA) is 16.1 Å². The van der Waals surface area contributed by atoms with Crippen LogP contribution in [0.4, 0.5) is 5.69 Å². The van der Waals surface area contributed by atoms with E-state index in [1.807, 2.05) is 30.6 Å². The van der Waals surface area contributed by atoms with Crippen LogP contribution in [0, 0.1) is 0 Å². The molecule has 1 heterocycles. The van der Waals surface area contributed by atoms with Crippen LogP contribution >= 0.6 is 0 Å². The fraction of sp³-hybridized carbons (Fsp3) is 0.133. The number of pyridine rings is 1. The molecule has 0 spiro atoms. The van der Waals surface area contributed by atoms with Gasteiger partial charge in [0.25, 0.3) is 0 Å². The summed E-state index contributed by atoms with van der Waals surface area (Å²) in [5.74, 6) is 0. The lowest BCUT2D eigenvalue weighted by Gasteiger charge is -2.19. The van der Waals surface area contributed by atoms with E-state index in [9.17, 15) is 0 Å². The van der Waals surface area contributed by atoms with Crippen molar-refractivity contribution in [2.45, 2.75) is 6.54 Å². The average Bonchev–Trinajstić information content (AvgIpc) is 2.40. The summed E-state index contributed by atoms with van der Waals surface area (Å²) in [5, 5.41) is 0. The molecular weight excluding hydrogens is 208 g/mol. The highest BCUT2D eigenvalue weighted by atomic mass is 15.1. The van der Waals surface area contributed by atoms with Crippen LogP contribution in [0.5, 0.6) is 0 Å². The van der Waals surface area contributed by atoms with Crippen LogP contribution in [0.1, 0.15) is 11.1 Å². The number of aromatic nitrogens is 1. The molecule has 0 saturated carbocycles. The largest absolute Gasteiger partial charge is 0.370 e. The second-order valence-electron chi connectivity index (χ2n) is 4.01. The van der Waals surface area contributed by atoms with Crippen molar-refractivity contribution in [2.24, 2.45) is 0 Å². The molecule has 0 radical (unpaired) electrons. The summed E-state index contributed by atoms with van der Waals surface area (Å²) in [7, 11) is 2.08. The monoisotopic (exact) mass is 224 g/mol. The lowest BCUT2D eigenvalue weighted by atomic mass is 10.1. The van der Waals surface area contributed by atoms with Crippen LogP contribution in [-0.4, -0.2) is 12.0 Å². The van der Waals surface area contributed by atoms with Crippen molar-refractivity contribution >= 4 is 11.8 Å². The molecule has 0 N–H and O–H groups in total. The van der Waals surface area contributed by atoms with Crippen LogP contribution in [0.2, 0.25) is 0 Å². The molecule has 2 nitrogen and oxygen atoms in total. The van der Waals surface area contributed by atoms with Crippen LogP contribution in [-0.2, 0) is 6.54 Å². The third-order valence-electron chi connectivity index (χ3n) is 2.71. The molecule has 2 aromatic rings. The summed E-state index contributed by atoms with van der Waals surface area (Å²) in [6.45, 7) is 4.67. The van der Waals surface area contributed by atoms with E-state index in [4.69, 9.17) is 0 Å². The zero-order valence-electron chi connectivity index (χ0n) is 10.0. The van der Waals surface area contributed by atoms with Crippen molar-refractivity contribution in [1.82, 2.24) is 4.98 Å². The lowest BCUT2D eigenvalue weighted by molar-refractivity contribution is 0.920. The first kappa shape index (κ1) is 11.4. The molecule has 0 aliphatic carbocycles. The van der Waals surface area contributed by atoms with E-state index in [-0.39, 0.29) is 0 Å². The van der Waals surface area contributed by atoms with Gasteiger partial charge in [-0.3, -0.25) is 4.98 Å². The fourth-order valence-corrected chi connectivity index (χ4v) is 1.78. The van der Waals surface area contributed by atoms with Crippen LogP contribution in [0.15, 0.2) is 55.4 Å². The number of benzene rings is 1. The molecule has 0 aliphatic rings. The second kappa shape index (κ2) is 5.30. The first-order valence-corrected chi connectivity index (χ1v) is 5.62. The normalized spacial score (nSPS) is 9.94. The predicted octanol–water partition coefficient (Wildman–Crippen LogP) is 3.36. The van der Waals surface area contributed by atoms with Gasteiger partial charge in [0.2, 0.25) is 0 Å². The zero-order chi connectivity index (χ0) is 12.1. The summed E-state index contributed by atoms with van der Waals surface area (Å²) in [5.41, 5.74) is 3.61. The molecule has 0 bridgehead atoms. The highest BCUT2D eigenvalue weighted by Crippen LogP contribution is 2.15. The maximum absolute atomic E-state index is 4.02. The van der Waals surface area contributed by atoms with Crippen molar-refractivity contribution < 1.29 is 0 Å². The second-order valence-corrected chi connectivity index (χ2v) is 4.01. The summed E-state index contributed by atoms with van der Waals surface area (Å²) in [6.07, 6.45) is 5.49. The van der Waals surface area contributed by atoms with Crippen LogP contribution < -0.4 is 4.90 Å². The molecule has 86 valence electrons. The minimum atomic E-state index is 0.881. The molecule has 17 heavy (non-hydrogen) atoms. The van der Waals surface area contributed by atoms with Gasteiger partial charge >= 0.3 is 0 Å². The first-order valence-electron chi connectivity index (χ1n) is 5.62. The smallest absolute Gasteiger partial charge is 0.0426 e. The molecule has 2 heteroatoms.